The van der Waals surface area contributed by atoms with E-state index in [1.54, 1.807) is 4.90 Å². The average molecular weight is 333 g/mol. The molecule has 1 aliphatic rings. The van der Waals surface area contributed by atoms with Crippen molar-refractivity contribution in [3.8, 4) is 0 Å². The Bertz CT molecular complexity index is 610. The normalized spacial score (nSPS) is 17.4. The minimum Gasteiger partial charge on any atom is -0.481 e. The molecule has 1 saturated heterocycles. The van der Waals surface area contributed by atoms with Crippen LogP contribution in [-0.2, 0) is 14.9 Å². The van der Waals surface area contributed by atoms with E-state index in [1.807, 2.05) is 52.0 Å². The molecule has 1 N–H and O–H groups in total. The number of aliphatic carboxylic acids is 1. The summed E-state index contributed by atoms with van der Waals surface area (Å²) in [5, 5.41) is 9.41. The molecule has 0 unspecified atom stereocenters. The summed E-state index contributed by atoms with van der Waals surface area (Å²) in [6, 6.07) is 7.94. The maximum Gasteiger partial charge on any atom is 0.410 e. The number of nitrogens with zero attached hydrogens (tertiary/aromatic N) is 1. The van der Waals surface area contributed by atoms with Gasteiger partial charge in [0.25, 0.3) is 0 Å². The lowest BCUT2D eigenvalue weighted by molar-refractivity contribution is -0.139. The lowest BCUT2D eigenvalue weighted by atomic mass is 9.69. The number of ether oxygens (including phenoxy) is 1. The molecule has 0 bridgehead atoms. The highest BCUT2D eigenvalue weighted by atomic mass is 16.6. The third-order valence-corrected chi connectivity index (χ3v) is 4.58. The second-order valence-electron chi connectivity index (χ2n) is 7.63. The van der Waals surface area contributed by atoms with Gasteiger partial charge in [-0.3, -0.25) is 4.79 Å². The number of rotatable bonds is 3. The van der Waals surface area contributed by atoms with Crippen molar-refractivity contribution >= 4 is 12.1 Å². The van der Waals surface area contributed by atoms with E-state index in [0.29, 0.717) is 25.9 Å². The van der Waals surface area contributed by atoms with E-state index in [9.17, 15) is 14.7 Å². The minimum absolute atomic E-state index is 0.0833. The van der Waals surface area contributed by atoms with Crippen LogP contribution in [0.4, 0.5) is 4.79 Å². The van der Waals surface area contributed by atoms with Gasteiger partial charge in [0.05, 0.1) is 6.42 Å². The van der Waals surface area contributed by atoms with Crippen molar-refractivity contribution in [2.45, 2.75) is 58.0 Å². The van der Waals surface area contributed by atoms with Crippen LogP contribution in [-0.4, -0.2) is 40.8 Å². The van der Waals surface area contributed by atoms with E-state index in [4.69, 9.17) is 4.74 Å². The molecule has 1 aliphatic heterocycles. The topological polar surface area (TPSA) is 66.8 Å². The summed E-state index contributed by atoms with van der Waals surface area (Å²) >= 11 is 0. The van der Waals surface area contributed by atoms with Gasteiger partial charge in [0.2, 0.25) is 0 Å². The third kappa shape index (κ3) is 4.28. The molecule has 5 heteroatoms. The van der Waals surface area contributed by atoms with Crippen molar-refractivity contribution in [3.05, 3.63) is 35.4 Å². The second-order valence-corrected chi connectivity index (χ2v) is 7.63. The lowest BCUT2D eigenvalue weighted by Gasteiger charge is -2.42. The maximum atomic E-state index is 12.2. The Morgan fingerprint density at radius 3 is 2.29 bits per heavy atom. The molecule has 0 spiro atoms. The number of piperidine rings is 1. The van der Waals surface area contributed by atoms with E-state index >= 15 is 0 Å². The highest BCUT2D eigenvalue weighted by Gasteiger charge is 2.40. The van der Waals surface area contributed by atoms with Crippen LogP contribution < -0.4 is 0 Å². The standard InChI is InChI=1S/C19H27NO4/c1-14-7-5-6-8-15(14)19(13-16(21)22)9-11-20(12-10-19)17(23)24-18(2,3)4/h5-8H,9-13H2,1-4H3,(H,21,22). The monoisotopic (exact) mass is 333 g/mol. The van der Waals surface area contributed by atoms with Crippen LogP contribution in [0.1, 0.15) is 51.2 Å². The van der Waals surface area contributed by atoms with Crippen molar-refractivity contribution in [3.63, 3.8) is 0 Å². The summed E-state index contributed by atoms with van der Waals surface area (Å²) in [6.45, 7) is 8.57. The summed E-state index contributed by atoms with van der Waals surface area (Å²) < 4.78 is 5.43. The third-order valence-electron chi connectivity index (χ3n) is 4.58. The number of carboxylic acids is 1. The predicted molar refractivity (Wildman–Crippen MR) is 92.2 cm³/mol. The van der Waals surface area contributed by atoms with Crippen LogP contribution in [0.15, 0.2) is 24.3 Å². The first kappa shape index (κ1) is 18.3. The van der Waals surface area contributed by atoms with Gasteiger partial charge in [0, 0.05) is 18.5 Å². The number of benzene rings is 1. The smallest absolute Gasteiger partial charge is 0.410 e. The summed E-state index contributed by atoms with van der Waals surface area (Å²) in [7, 11) is 0. The van der Waals surface area contributed by atoms with Crippen LogP contribution >= 0.6 is 0 Å². The number of aryl methyl sites for hydroxylation is 1. The zero-order valence-corrected chi connectivity index (χ0v) is 15.0. The molecule has 1 amide bonds. The number of carbonyl (C=O) groups is 2. The predicted octanol–water partition coefficient (Wildman–Crippen LogP) is 3.74. The van der Waals surface area contributed by atoms with Gasteiger partial charge in [0.1, 0.15) is 5.60 Å². The molecule has 132 valence electrons. The Morgan fingerprint density at radius 2 is 1.79 bits per heavy atom. The van der Waals surface area contributed by atoms with Crippen molar-refractivity contribution < 1.29 is 19.4 Å². The molecular weight excluding hydrogens is 306 g/mol. The van der Waals surface area contributed by atoms with Crippen molar-refractivity contribution in [1.29, 1.82) is 0 Å². The summed E-state index contributed by atoms with van der Waals surface area (Å²) in [5.74, 6) is -0.802. The Kier molecular flexibility index (Phi) is 5.21. The van der Waals surface area contributed by atoms with Gasteiger partial charge in [-0.15, -0.1) is 0 Å². The second kappa shape index (κ2) is 6.83. The number of amides is 1. The molecule has 0 radical (unpaired) electrons. The zero-order chi connectivity index (χ0) is 18.0. The molecule has 0 aliphatic carbocycles. The quantitative estimate of drug-likeness (QED) is 0.915. The van der Waals surface area contributed by atoms with Crippen LogP contribution in [0.3, 0.4) is 0 Å². The molecule has 2 rings (SSSR count). The average Bonchev–Trinajstić information content (AvgIpc) is 2.45. The molecule has 1 heterocycles. The Balaban J connectivity index is 2.18. The SMILES string of the molecule is Cc1ccccc1C1(CC(=O)O)CCN(C(=O)OC(C)(C)C)CC1. The molecule has 0 aromatic heterocycles. The summed E-state index contributed by atoms with van der Waals surface area (Å²) in [4.78, 5) is 25.4. The number of carbonyl (C=O) groups excluding carboxylic acids is 1. The Morgan fingerprint density at radius 1 is 1.21 bits per heavy atom. The van der Waals surface area contributed by atoms with Gasteiger partial charge in [-0.1, -0.05) is 24.3 Å². The largest absolute Gasteiger partial charge is 0.481 e. The van der Waals surface area contributed by atoms with Crippen LogP contribution in [0.2, 0.25) is 0 Å². The molecule has 0 saturated carbocycles. The van der Waals surface area contributed by atoms with Gasteiger partial charge in [-0.05, 0) is 51.7 Å². The Hall–Kier alpha value is -2.04. The van der Waals surface area contributed by atoms with Crippen molar-refractivity contribution in [1.82, 2.24) is 4.90 Å². The van der Waals surface area contributed by atoms with Gasteiger partial charge < -0.3 is 14.7 Å². The maximum absolute atomic E-state index is 12.2. The molecule has 24 heavy (non-hydrogen) atoms. The minimum atomic E-state index is -0.802. The van der Waals surface area contributed by atoms with Crippen LogP contribution in [0.25, 0.3) is 0 Å². The first-order valence-corrected chi connectivity index (χ1v) is 8.39. The highest BCUT2D eigenvalue weighted by molar-refractivity contribution is 5.70. The van der Waals surface area contributed by atoms with E-state index in [-0.39, 0.29) is 12.5 Å². The van der Waals surface area contributed by atoms with E-state index < -0.39 is 17.0 Å². The fourth-order valence-corrected chi connectivity index (χ4v) is 3.44. The molecule has 1 aromatic rings. The zero-order valence-electron chi connectivity index (χ0n) is 15.0. The number of carboxylic acid groups (broad SMARTS) is 1. The van der Waals surface area contributed by atoms with E-state index in [1.165, 1.54) is 0 Å². The van der Waals surface area contributed by atoms with Crippen LogP contribution in [0.5, 0.6) is 0 Å². The van der Waals surface area contributed by atoms with Crippen molar-refractivity contribution in [2.75, 3.05) is 13.1 Å². The number of hydrogen-bond acceptors (Lipinski definition) is 3. The summed E-state index contributed by atoms with van der Waals surface area (Å²) in [6.07, 6.45) is 1.02. The van der Waals surface area contributed by atoms with Crippen LogP contribution in [0, 0.1) is 6.92 Å². The number of hydrogen-bond donors (Lipinski definition) is 1. The lowest BCUT2D eigenvalue weighted by Crippen LogP contribution is -2.47. The van der Waals surface area contributed by atoms with Gasteiger partial charge >= 0.3 is 12.1 Å². The van der Waals surface area contributed by atoms with Gasteiger partial charge in [-0.2, -0.15) is 0 Å². The molecule has 1 aromatic carbocycles. The molecular formula is C19H27NO4. The van der Waals surface area contributed by atoms with Gasteiger partial charge in [0.15, 0.2) is 0 Å². The first-order chi connectivity index (χ1) is 11.1. The fraction of sp³-hybridized carbons (Fsp3) is 0.579. The Labute approximate surface area is 143 Å². The number of likely N-dealkylation sites (tertiary alicyclic amines) is 1. The highest BCUT2D eigenvalue weighted by Crippen LogP contribution is 2.40. The van der Waals surface area contributed by atoms with Gasteiger partial charge in [-0.25, -0.2) is 4.79 Å². The fourth-order valence-electron chi connectivity index (χ4n) is 3.44. The first-order valence-electron chi connectivity index (χ1n) is 8.39. The molecule has 0 atom stereocenters. The molecule has 5 nitrogen and oxygen atoms in total. The van der Waals surface area contributed by atoms with E-state index in [0.717, 1.165) is 11.1 Å². The van der Waals surface area contributed by atoms with E-state index in [2.05, 4.69) is 0 Å². The summed E-state index contributed by atoms with van der Waals surface area (Å²) in [5.41, 5.74) is 1.24. The van der Waals surface area contributed by atoms with Crippen molar-refractivity contribution in [2.24, 2.45) is 0 Å². The molecule has 1 fully saturated rings.